The van der Waals surface area contributed by atoms with E-state index in [1.165, 1.54) is 29.5 Å². The van der Waals surface area contributed by atoms with Crippen molar-refractivity contribution in [2.75, 3.05) is 18.4 Å². The lowest BCUT2D eigenvalue weighted by molar-refractivity contribution is -0.384. The minimum absolute atomic E-state index is 0.00698. The van der Waals surface area contributed by atoms with Gasteiger partial charge in [-0.25, -0.2) is 0 Å². The molecule has 25 heavy (non-hydrogen) atoms. The van der Waals surface area contributed by atoms with E-state index in [4.69, 9.17) is 0 Å². The Morgan fingerprint density at radius 3 is 2.60 bits per heavy atom. The Balaban J connectivity index is 1.56. The molecule has 1 saturated heterocycles. The molecular weight excluding hydrogens is 342 g/mol. The highest BCUT2D eigenvalue weighted by Gasteiger charge is 2.28. The van der Waals surface area contributed by atoms with Gasteiger partial charge in [0.05, 0.1) is 9.80 Å². The molecule has 0 atom stereocenters. The number of nitrogens with one attached hydrogen (secondary N) is 1. The van der Waals surface area contributed by atoms with Crippen LogP contribution in [0.4, 0.5) is 11.4 Å². The number of hydrogen-bond acceptors (Lipinski definition) is 5. The van der Waals surface area contributed by atoms with E-state index in [2.05, 4.69) is 5.32 Å². The summed E-state index contributed by atoms with van der Waals surface area (Å²) in [7, 11) is 0. The molecule has 1 aliphatic rings. The lowest BCUT2D eigenvalue weighted by Gasteiger charge is -2.31. The Hall–Kier alpha value is -2.74. The summed E-state index contributed by atoms with van der Waals surface area (Å²) >= 11 is 1.41. The van der Waals surface area contributed by atoms with Gasteiger partial charge >= 0.3 is 0 Å². The number of benzene rings is 1. The monoisotopic (exact) mass is 359 g/mol. The van der Waals surface area contributed by atoms with Gasteiger partial charge in [-0.2, -0.15) is 0 Å². The SMILES string of the molecule is O=C(Nc1cccc([N+](=O)[O-])c1)C1CCN(C(=O)c2cccs2)CC1. The lowest BCUT2D eigenvalue weighted by Crippen LogP contribution is -2.41. The number of thiophene rings is 1. The number of nitro groups is 1. The maximum Gasteiger partial charge on any atom is 0.271 e. The molecule has 0 saturated carbocycles. The summed E-state index contributed by atoms with van der Waals surface area (Å²) in [5.74, 6) is -0.358. The molecule has 2 heterocycles. The number of piperidine rings is 1. The summed E-state index contributed by atoms with van der Waals surface area (Å²) in [5, 5.41) is 15.4. The number of nitro benzene ring substituents is 1. The van der Waals surface area contributed by atoms with E-state index >= 15 is 0 Å². The first-order chi connectivity index (χ1) is 12.0. The Labute approximate surface area is 148 Å². The molecule has 1 aromatic carbocycles. The largest absolute Gasteiger partial charge is 0.338 e. The molecule has 2 aromatic rings. The van der Waals surface area contributed by atoms with Gasteiger partial charge < -0.3 is 10.2 Å². The van der Waals surface area contributed by atoms with Crippen LogP contribution in [-0.2, 0) is 4.79 Å². The number of nitrogens with zero attached hydrogens (tertiary/aromatic N) is 2. The van der Waals surface area contributed by atoms with Crippen molar-refractivity contribution >= 4 is 34.5 Å². The van der Waals surface area contributed by atoms with Crippen molar-refractivity contribution in [1.29, 1.82) is 0 Å². The number of non-ortho nitro benzene ring substituents is 1. The first kappa shape index (κ1) is 17.1. The zero-order valence-electron chi connectivity index (χ0n) is 13.4. The van der Waals surface area contributed by atoms with Crippen LogP contribution in [0.2, 0.25) is 0 Å². The summed E-state index contributed by atoms with van der Waals surface area (Å²) in [6.07, 6.45) is 1.16. The van der Waals surface area contributed by atoms with Gasteiger partial charge in [0.15, 0.2) is 0 Å². The Morgan fingerprint density at radius 2 is 1.96 bits per heavy atom. The van der Waals surface area contributed by atoms with E-state index in [1.807, 2.05) is 11.4 Å². The first-order valence-electron chi connectivity index (χ1n) is 7.92. The quantitative estimate of drug-likeness (QED) is 0.670. The van der Waals surface area contributed by atoms with Crippen molar-refractivity contribution in [3.8, 4) is 0 Å². The zero-order chi connectivity index (χ0) is 17.8. The van der Waals surface area contributed by atoms with Crippen LogP contribution in [0.1, 0.15) is 22.5 Å². The molecule has 130 valence electrons. The highest BCUT2D eigenvalue weighted by Crippen LogP contribution is 2.23. The van der Waals surface area contributed by atoms with Crippen molar-refractivity contribution in [1.82, 2.24) is 4.90 Å². The van der Waals surface area contributed by atoms with E-state index in [0.717, 1.165) is 0 Å². The van der Waals surface area contributed by atoms with Gasteiger partial charge in [0.25, 0.3) is 11.6 Å². The summed E-state index contributed by atoms with van der Waals surface area (Å²) in [4.78, 5) is 37.4. The third-order valence-corrected chi connectivity index (χ3v) is 5.07. The van der Waals surface area contributed by atoms with Crippen molar-refractivity contribution in [3.05, 3.63) is 56.8 Å². The van der Waals surface area contributed by atoms with Crippen molar-refractivity contribution in [2.45, 2.75) is 12.8 Å². The van der Waals surface area contributed by atoms with Crippen LogP contribution < -0.4 is 5.32 Å². The van der Waals surface area contributed by atoms with E-state index < -0.39 is 4.92 Å². The van der Waals surface area contributed by atoms with Gasteiger partial charge in [-0.15, -0.1) is 11.3 Å². The van der Waals surface area contributed by atoms with E-state index in [-0.39, 0.29) is 23.4 Å². The average Bonchev–Trinajstić information content (AvgIpc) is 3.16. The van der Waals surface area contributed by atoms with Gasteiger partial charge in [0.2, 0.25) is 5.91 Å². The van der Waals surface area contributed by atoms with Crippen LogP contribution in [0, 0.1) is 16.0 Å². The fraction of sp³-hybridized carbons (Fsp3) is 0.294. The lowest BCUT2D eigenvalue weighted by atomic mass is 9.95. The maximum atomic E-state index is 12.4. The first-order valence-corrected chi connectivity index (χ1v) is 8.80. The molecule has 1 N–H and O–H groups in total. The molecule has 0 spiro atoms. The summed E-state index contributed by atoms with van der Waals surface area (Å²) in [5.41, 5.74) is 0.352. The minimum atomic E-state index is -0.496. The fourth-order valence-electron chi connectivity index (χ4n) is 2.84. The highest BCUT2D eigenvalue weighted by atomic mass is 32.1. The molecule has 0 unspecified atom stereocenters. The second-order valence-electron chi connectivity index (χ2n) is 5.84. The van der Waals surface area contributed by atoms with Crippen LogP contribution in [0.15, 0.2) is 41.8 Å². The predicted octanol–water partition coefficient (Wildman–Crippen LogP) is 3.15. The minimum Gasteiger partial charge on any atom is -0.338 e. The van der Waals surface area contributed by atoms with Crippen LogP contribution in [-0.4, -0.2) is 34.7 Å². The molecule has 3 rings (SSSR count). The molecule has 0 radical (unpaired) electrons. The zero-order valence-corrected chi connectivity index (χ0v) is 14.2. The third-order valence-electron chi connectivity index (χ3n) is 4.21. The van der Waals surface area contributed by atoms with Crippen molar-refractivity contribution in [3.63, 3.8) is 0 Å². The molecule has 1 aromatic heterocycles. The molecule has 0 aliphatic carbocycles. The van der Waals surface area contributed by atoms with Gasteiger partial charge in [-0.1, -0.05) is 12.1 Å². The molecule has 1 aliphatic heterocycles. The number of amides is 2. The molecule has 1 fully saturated rings. The molecule has 0 bridgehead atoms. The molecule has 2 amide bonds. The second kappa shape index (κ2) is 7.43. The summed E-state index contributed by atoms with van der Waals surface area (Å²) < 4.78 is 0. The fourth-order valence-corrected chi connectivity index (χ4v) is 3.53. The highest BCUT2D eigenvalue weighted by molar-refractivity contribution is 7.12. The number of carbonyl (C=O) groups is 2. The van der Waals surface area contributed by atoms with Crippen LogP contribution in [0.5, 0.6) is 0 Å². The van der Waals surface area contributed by atoms with E-state index in [9.17, 15) is 19.7 Å². The maximum absolute atomic E-state index is 12.4. The second-order valence-corrected chi connectivity index (χ2v) is 6.79. The topological polar surface area (TPSA) is 92.5 Å². The Morgan fingerprint density at radius 1 is 1.20 bits per heavy atom. The standard InChI is InChI=1S/C17H17N3O4S/c21-16(18-13-3-1-4-14(11-13)20(23)24)12-6-8-19(9-7-12)17(22)15-5-2-10-25-15/h1-5,10-12H,6-9H2,(H,18,21). The predicted molar refractivity (Wildman–Crippen MR) is 94.7 cm³/mol. The van der Waals surface area contributed by atoms with Gasteiger partial charge in [-0.3, -0.25) is 19.7 Å². The molecular formula is C17H17N3O4S. The van der Waals surface area contributed by atoms with Crippen molar-refractivity contribution < 1.29 is 14.5 Å². The molecule has 8 heteroatoms. The van der Waals surface area contributed by atoms with Crippen LogP contribution in [0.25, 0.3) is 0 Å². The summed E-state index contributed by atoms with van der Waals surface area (Å²) in [6.45, 7) is 1.06. The van der Waals surface area contributed by atoms with E-state index in [0.29, 0.717) is 36.5 Å². The van der Waals surface area contributed by atoms with E-state index in [1.54, 1.807) is 17.0 Å². The van der Waals surface area contributed by atoms with Gasteiger partial charge in [-0.05, 0) is 30.4 Å². The van der Waals surface area contributed by atoms with Crippen LogP contribution in [0.3, 0.4) is 0 Å². The number of anilines is 1. The normalized spacial score (nSPS) is 15.0. The van der Waals surface area contributed by atoms with Crippen LogP contribution >= 0.6 is 11.3 Å². The Bertz CT molecular complexity index is 783. The number of carbonyl (C=O) groups excluding carboxylic acids is 2. The van der Waals surface area contributed by atoms with Gasteiger partial charge in [0.1, 0.15) is 0 Å². The third kappa shape index (κ3) is 4.03. The summed E-state index contributed by atoms with van der Waals surface area (Å²) in [6, 6.07) is 9.53. The average molecular weight is 359 g/mol. The number of hydrogen-bond donors (Lipinski definition) is 1. The number of likely N-dealkylation sites (tertiary alicyclic amines) is 1. The van der Waals surface area contributed by atoms with Gasteiger partial charge in [0, 0.05) is 36.8 Å². The van der Waals surface area contributed by atoms with Crippen molar-refractivity contribution in [2.24, 2.45) is 5.92 Å². The molecule has 7 nitrogen and oxygen atoms in total. The number of rotatable bonds is 4. The smallest absolute Gasteiger partial charge is 0.271 e. The Kier molecular flexibility index (Phi) is 5.08.